The summed E-state index contributed by atoms with van der Waals surface area (Å²) in [5, 5.41) is 19.6. The molecule has 0 bridgehead atoms. The molecule has 1 fully saturated rings. The molecular weight excluding hydrogens is 198 g/mol. The number of nitrogens with one attached hydrogen (secondary N) is 1. The van der Waals surface area contributed by atoms with Crippen LogP contribution in [0.5, 0.6) is 0 Å². The molecule has 0 aromatic carbocycles. The van der Waals surface area contributed by atoms with Crippen molar-refractivity contribution in [3.05, 3.63) is 0 Å². The van der Waals surface area contributed by atoms with Gasteiger partial charge in [-0.2, -0.15) is 5.26 Å². The number of aliphatic hydroxyl groups excluding tert-OH is 1. The van der Waals surface area contributed by atoms with Crippen molar-refractivity contribution in [2.45, 2.75) is 6.10 Å². The van der Waals surface area contributed by atoms with Gasteiger partial charge in [-0.05, 0) is 0 Å². The lowest BCUT2D eigenvalue weighted by atomic mass is 10.3. The number of morpholine rings is 1. The Kier molecular flexibility index (Phi) is 5.04. The van der Waals surface area contributed by atoms with Gasteiger partial charge in [0.1, 0.15) is 6.54 Å². The summed E-state index contributed by atoms with van der Waals surface area (Å²) in [5.41, 5.74) is 0. The number of hydrogen-bond acceptors (Lipinski definition) is 5. The van der Waals surface area contributed by atoms with E-state index in [4.69, 9.17) is 15.1 Å². The highest BCUT2D eigenvalue weighted by atomic mass is 16.5. The van der Waals surface area contributed by atoms with Crippen LogP contribution in [0.4, 0.5) is 0 Å². The molecule has 0 aromatic rings. The van der Waals surface area contributed by atoms with Crippen LogP contribution >= 0.6 is 0 Å². The van der Waals surface area contributed by atoms with Gasteiger partial charge in [0.05, 0.1) is 31.9 Å². The second-order valence-corrected chi connectivity index (χ2v) is 3.35. The Morgan fingerprint density at radius 1 is 1.73 bits per heavy atom. The lowest BCUT2D eigenvalue weighted by molar-refractivity contribution is -0.124. The molecule has 0 aliphatic carbocycles. The molecule has 0 saturated carbocycles. The molecule has 1 amide bonds. The van der Waals surface area contributed by atoms with Gasteiger partial charge in [0.15, 0.2) is 0 Å². The molecule has 1 atom stereocenters. The average Bonchev–Trinajstić information content (AvgIpc) is 2.26. The van der Waals surface area contributed by atoms with E-state index in [0.29, 0.717) is 19.7 Å². The van der Waals surface area contributed by atoms with Crippen LogP contribution in [-0.4, -0.2) is 61.4 Å². The van der Waals surface area contributed by atoms with Crippen LogP contribution in [0.15, 0.2) is 0 Å². The maximum Gasteiger partial charge on any atom is 0.235 e. The fraction of sp³-hybridized carbons (Fsp3) is 0.778. The summed E-state index contributed by atoms with van der Waals surface area (Å²) < 4.78 is 5.24. The number of carbonyl (C=O) groups is 1. The molecule has 2 N–H and O–H groups in total. The molecule has 1 aliphatic rings. The third kappa shape index (κ3) is 4.25. The molecule has 1 rings (SSSR count). The zero-order chi connectivity index (χ0) is 11.1. The average molecular weight is 213 g/mol. The number of ether oxygens (including phenoxy) is 1. The number of carbonyl (C=O) groups excluding carboxylic acids is 1. The molecule has 1 heterocycles. The molecular formula is C9H15N3O3. The summed E-state index contributed by atoms with van der Waals surface area (Å²) in [7, 11) is 0. The molecule has 1 aliphatic heterocycles. The van der Waals surface area contributed by atoms with E-state index in [2.05, 4.69) is 5.32 Å². The van der Waals surface area contributed by atoms with Crippen molar-refractivity contribution in [3.63, 3.8) is 0 Å². The van der Waals surface area contributed by atoms with Gasteiger partial charge in [0, 0.05) is 13.1 Å². The van der Waals surface area contributed by atoms with Gasteiger partial charge in [-0.25, -0.2) is 0 Å². The predicted octanol–water partition coefficient (Wildman–Crippen LogP) is -1.68. The van der Waals surface area contributed by atoms with Gasteiger partial charge in [0.2, 0.25) is 5.91 Å². The molecule has 1 saturated heterocycles. The number of amides is 1. The molecule has 0 spiro atoms. The minimum Gasteiger partial charge on any atom is -0.394 e. The number of rotatable bonds is 4. The van der Waals surface area contributed by atoms with Crippen molar-refractivity contribution in [1.29, 1.82) is 5.26 Å². The van der Waals surface area contributed by atoms with E-state index in [0.717, 1.165) is 0 Å². The highest BCUT2D eigenvalue weighted by Gasteiger charge is 2.21. The topological polar surface area (TPSA) is 85.6 Å². The minimum atomic E-state index is -0.206. The van der Waals surface area contributed by atoms with E-state index < -0.39 is 0 Å². The van der Waals surface area contributed by atoms with Crippen molar-refractivity contribution in [1.82, 2.24) is 10.2 Å². The Bertz CT molecular complexity index is 251. The Balaban J connectivity index is 2.25. The largest absolute Gasteiger partial charge is 0.394 e. The van der Waals surface area contributed by atoms with Crippen LogP contribution in [-0.2, 0) is 9.53 Å². The quantitative estimate of drug-likeness (QED) is 0.545. The highest BCUT2D eigenvalue weighted by Crippen LogP contribution is 2.03. The van der Waals surface area contributed by atoms with Gasteiger partial charge in [-0.15, -0.1) is 0 Å². The van der Waals surface area contributed by atoms with Gasteiger partial charge >= 0.3 is 0 Å². The van der Waals surface area contributed by atoms with E-state index in [-0.39, 0.29) is 31.7 Å². The first-order valence-electron chi connectivity index (χ1n) is 4.84. The third-order valence-electron chi connectivity index (χ3n) is 2.16. The number of nitriles is 1. The van der Waals surface area contributed by atoms with E-state index in [1.165, 1.54) is 0 Å². The summed E-state index contributed by atoms with van der Waals surface area (Å²) in [6.07, 6.45) is -0.206. The van der Waals surface area contributed by atoms with Crippen LogP contribution in [0.3, 0.4) is 0 Å². The van der Waals surface area contributed by atoms with Crippen molar-refractivity contribution >= 4 is 5.91 Å². The molecule has 15 heavy (non-hydrogen) atoms. The Hall–Kier alpha value is -1.16. The predicted molar refractivity (Wildman–Crippen MR) is 51.9 cm³/mol. The molecule has 6 heteroatoms. The fourth-order valence-corrected chi connectivity index (χ4v) is 1.43. The molecule has 0 radical (unpaired) electrons. The second kappa shape index (κ2) is 6.35. The van der Waals surface area contributed by atoms with Crippen LogP contribution in [0.1, 0.15) is 0 Å². The van der Waals surface area contributed by atoms with Gasteiger partial charge in [0.25, 0.3) is 0 Å². The van der Waals surface area contributed by atoms with Crippen LogP contribution < -0.4 is 5.32 Å². The van der Waals surface area contributed by atoms with Crippen LogP contribution in [0.2, 0.25) is 0 Å². The van der Waals surface area contributed by atoms with Crippen LogP contribution in [0, 0.1) is 11.3 Å². The molecule has 0 aromatic heterocycles. The van der Waals surface area contributed by atoms with Crippen molar-refractivity contribution in [2.24, 2.45) is 0 Å². The lowest BCUT2D eigenvalue weighted by Crippen LogP contribution is -2.48. The van der Waals surface area contributed by atoms with Crippen molar-refractivity contribution in [2.75, 3.05) is 39.4 Å². The first-order valence-corrected chi connectivity index (χ1v) is 4.84. The molecule has 1 unspecified atom stereocenters. The normalized spacial score (nSPS) is 22.0. The van der Waals surface area contributed by atoms with Gasteiger partial charge < -0.3 is 15.2 Å². The van der Waals surface area contributed by atoms with E-state index >= 15 is 0 Å². The number of hydrogen-bond donors (Lipinski definition) is 2. The minimum absolute atomic E-state index is 0.0314. The van der Waals surface area contributed by atoms with E-state index in [9.17, 15) is 4.79 Å². The highest BCUT2D eigenvalue weighted by molar-refractivity contribution is 5.78. The summed E-state index contributed by atoms with van der Waals surface area (Å²) in [6, 6.07) is 1.84. The zero-order valence-corrected chi connectivity index (χ0v) is 8.48. The second-order valence-electron chi connectivity index (χ2n) is 3.35. The van der Waals surface area contributed by atoms with Crippen molar-refractivity contribution < 1.29 is 14.6 Å². The van der Waals surface area contributed by atoms with Crippen molar-refractivity contribution in [3.8, 4) is 6.07 Å². The standard InChI is InChI=1S/C9H15N3O3/c10-1-2-11-9(14)6-12-3-4-15-8(5-12)7-13/h8,13H,2-7H2,(H,11,14). The molecule has 6 nitrogen and oxygen atoms in total. The summed E-state index contributed by atoms with van der Waals surface area (Å²) in [5.74, 6) is -0.171. The van der Waals surface area contributed by atoms with E-state index in [1.54, 1.807) is 0 Å². The maximum absolute atomic E-state index is 11.3. The van der Waals surface area contributed by atoms with E-state index in [1.807, 2.05) is 11.0 Å². The number of nitrogens with zero attached hydrogens (tertiary/aromatic N) is 2. The third-order valence-corrected chi connectivity index (χ3v) is 2.16. The lowest BCUT2D eigenvalue weighted by Gasteiger charge is -2.31. The zero-order valence-electron chi connectivity index (χ0n) is 8.48. The monoisotopic (exact) mass is 213 g/mol. The Morgan fingerprint density at radius 2 is 2.53 bits per heavy atom. The Labute approximate surface area is 88.4 Å². The van der Waals surface area contributed by atoms with Gasteiger partial charge in [-0.1, -0.05) is 0 Å². The van der Waals surface area contributed by atoms with Crippen LogP contribution in [0.25, 0.3) is 0 Å². The summed E-state index contributed by atoms with van der Waals surface area (Å²) in [6.45, 7) is 2.01. The fourth-order valence-electron chi connectivity index (χ4n) is 1.43. The Morgan fingerprint density at radius 3 is 3.20 bits per heavy atom. The van der Waals surface area contributed by atoms with Gasteiger partial charge in [-0.3, -0.25) is 9.69 Å². The summed E-state index contributed by atoms with van der Waals surface area (Å²) in [4.78, 5) is 13.2. The first kappa shape index (κ1) is 11.9. The summed E-state index contributed by atoms with van der Waals surface area (Å²) >= 11 is 0. The first-order chi connectivity index (χ1) is 7.26. The molecule has 84 valence electrons. The maximum atomic E-state index is 11.3. The smallest absolute Gasteiger partial charge is 0.235 e. The number of aliphatic hydroxyl groups is 1. The SMILES string of the molecule is N#CCNC(=O)CN1CCOC(CO)C1.